The highest BCUT2D eigenvalue weighted by atomic mass is 79.9. The summed E-state index contributed by atoms with van der Waals surface area (Å²) in [5, 5.41) is 14.6. The molecular weight excluding hydrogens is 534 g/mol. The van der Waals surface area contributed by atoms with Crippen LogP contribution in [0.3, 0.4) is 0 Å². The summed E-state index contributed by atoms with van der Waals surface area (Å²) < 4.78 is 33.7. The summed E-state index contributed by atoms with van der Waals surface area (Å²) in [5.74, 6) is -1.79. The van der Waals surface area contributed by atoms with E-state index >= 15 is 0 Å². The molecule has 3 heterocycles. The molecule has 3 atom stereocenters. The van der Waals surface area contributed by atoms with Crippen molar-refractivity contribution in [3.8, 4) is 0 Å². The van der Waals surface area contributed by atoms with Crippen LogP contribution >= 0.6 is 27.3 Å². The number of ether oxygens (including phenoxy) is 1. The molecule has 180 valence electrons. The number of likely N-dealkylation sites (tertiary alicyclic amines) is 1. The third kappa shape index (κ3) is 5.03. The van der Waals surface area contributed by atoms with Crippen LogP contribution in [-0.2, 0) is 14.3 Å². The van der Waals surface area contributed by atoms with Gasteiger partial charge in [-0.15, -0.1) is 11.3 Å². The molecule has 1 aromatic heterocycles. The lowest BCUT2D eigenvalue weighted by Gasteiger charge is -2.44. The van der Waals surface area contributed by atoms with Crippen LogP contribution in [-0.4, -0.2) is 64.7 Å². The van der Waals surface area contributed by atoms with E-state index in [1.807, 2.05) is 0 Å². The maximum Gasteiger partial charge on any atom is 0.338 e. The van der Waals surface area contributed by atoms with Gasteiger partial charge in [0, 0.05) is 34.8 Å². The number of esters is 1. The van der Waals surface area contributed by atoms with Crippen LogP contribution in [0, 0.1) is 5.82 Å². The number of alkyl halides is 1. The van der Waals surface area contributed by atoms with Crippen molar-refractivity contribution in [3.63, 3.8) is 0 Å². The topological polar surface area (TPSA) is 104 Å². The Labute approximate surface area is 206 Å². The van der Waals surface area contributed by atoms with Gasteiger partial charge in [-0.1, -0.05) is 22.0 Å². The first-order valence-corrected chi connectivity index (χ1v) is 12.2. The van der Waals surface area contributed by atoms with Crippen LogP contribution in [0.1, 0.15) is 30.0 Å². The fourth-order valence-electron chi connectivity index (χ4n) is 3.96. The first-order chi connectivity index (χ1) is 16.3. The summed E-state index contributed by atoms with van der Waals surface area (Å²) >= 11 is 4.70. The number of hydrogen-bond acceptors (Lipinski definition) is 8. The van der Waals surface area contributed by atoms with Gasteiger partial charge in [-0.25, -0.2) is 18.6 Å². The number of halogens is 3. The molecule has 0 radical (unpaired) electrons. The van der Waals surface area contributed by atoms with Gasteiger partial charge >= 0.3 is 11.9 Å². The van der Waals surface area contributed by atoms with Gasteiger partial charge in [-0.3, -0.25) is 14.7 Å². The Balaban J connectivity index is 1.79. The Bertz CT molecular complexity index is 1160. The Morgan fingerprint density at radius 3 is 2.82 bits per heavy atom. The minimum atomic E-state index is -1.28. The SMILES string of the molecule is CCOC(=O)C1=C(CN2CC(F)C2CC(=O)O)NC(c2nccs2)=NC1c1ccc(F)cc1Br. The van der Waals surface area contributed by atoms with E-state index < -0.39 is 36.0 Å². The number of aliphatic imine (C=N–C) groups is 1. The van der Waals surface area contributed by atoms with Crippen molar-refractivity contribution in [2.45, 2.75) is 31.6 Å². The lowest BCUT2D eigenvalue weighted by Crippen LogP contribution is -2.60. The predicted octanol–water partition coefficient (Wildman–Crippen LogP) is 3.45. The second kappa shape index (κ2) is 10.3. The van der Waals surface area contributed by atoms with E-state index in [0.29, 0.717) is 26.6 Å². The minimum Gasteiger partial charge on any atom is -0.481 e. The van der Waals surface area contributed by atoms with Gasteiger partial charge in [0.05, 0.1) is 24.6 Å². The van der Waals surface area contributed by atoms with Crippen molar-refractivity contribution in [2.75, 3.05) is 19.7 Å². The quantitative estimate of drug-likeness (QED) is 0.481. The maximum atomic E-state index is 14.1. The maximum absolute atomic E-state index is 14.1. The first-order valence-electron chi connectivity index (χ1n) is 10.5. The highest BCUT2D eigenvalue weighted by Crippen LogP contribution is 2.38. The van der Waals surface area contributed by atoms with Crippen molar-refractivity contribution in [1.29, 1.82) is 0 Å². The van der Waals surface area contributed by atoms with E-state index in [1.54, 1.807) is 23.4 Å². The van der Waals surface area contributed by atoms with E-state index in [-0.39, 0.29) is 31.7 Å². The van der Waals surface area contributed by atoms with E-state index in [2.05, 4.69) is 26.2 Å². The Hall–Kier alpha value is -2.70. The second-order valence-electron chi connectivity index (χ2n) is 7.73. The predicted molar refractivity (Wildman–Crippen MR) is 125 cm³/mol. The van der Waals surface area contributed by atoms with Crippen LogP contribution < -0.4 is 5.32 Å². The smallest absolute Gasteiger partial charge is 0.338 e. The molecule has 0 amide bonds. The number of hydrogen-bond donors (Lipinski definition) is 2. The lowest BCUT2D eigenvalue weighted by molar-refractivity contribution is -0.142. The molecular formula is C22H21BrF2N4O4S. The molecule has 3 unspecified atom stereocenters. The van der Waals surface area contributed by atoms with Gasteiger partial charge in [-0.05, 0) is 24.6 Å². The molecule has 12 heteroatoms. The van der Waals surface area contributed by atoms with E-state index in [4.69, 9.17) is 14.8 Å². The molecule has 8 nitrogen and oxygen atoms in total. The van der Waals surface area contributed by atoms with Gasteiger partial charge < -0.3 is 15.2 Å². The number of rotatable bonds is 8. The number of carboxylic acids is 1. The molecule has 2 aliphatic rings. The van der Waals surface area contributed by atoms with Crippen molar-refractivity contribution in [3.05, 3.63) is 61.9 Å². The molecule has 4 rings (SSSR count). The summed E-state index contributed by atoms with van der Waals surface area (Å²) in [6, 6.07) is 2.42. The molecule has 1 fully saturated rings. The number of carbonyl (C=O) groups is 2. The molecule has 2 aromatic rings. The number of amidine groups is 1. The summed E-state index contributed by atoms with van der Waals surface area (Å²) in [5.41, 5.74) is 1.12. The molecule has 0 spiro atoms. The van der Waals surface area contributed by atoms with Gasteiger partial charge in [0.1, 0.15) is 18.0 Å². The van der Waals surface area contributed by atoms with E-state index in [0.717, 1.165) is 0 Å². The van der Waals surface area contributed by atoms with E-state index in [1.165, 1.54) is 29.5 Å². The van der Waals surface area contributed by atoms with Crippen molar-refractivity contribution in [1.82, 2.24) is 15.2 Å². The molecule has 0 aliphatic carbocycles. The van der Waals surface area contributed by atoms with Crippen LogP contribution in [0.15, 0.2) is 50.5 Å². The summed E-state index contributed by atoms with van der Waals surface area (Å²) in [6.07, 6.45) is -0.0206. The molecule has 0 saturated carbocycles. The highest BCUT2D eigenvalue weighted by molar-refractivity contribution is 9.10. The molecule has 1 saturated heterocycles. The van der Waals surface area contributed by atoms with Crippen LogP contribution in [0.5, 0.6) is 0 Å². The number of carbonyl (C=O) groups excluding carboxylic acids is 1. The number of aliphatic carboxylic acids is 1. The average molecular weight is 555 g/mol. The number of benzene rings is 1. The first kappa shape index (κ1) is 24.4. The summed E-state index contributed by atoms with van der Waals surface area (Å²) in [4.78, 5) is 34.9. The average Bonchev–Trinajstić information content (AvgIpc) is 3.32. The Kier molecular flexibility index (Phi) is 7.39. The largest absolute Gasteiger partial charge is 0.481 e. The zero-order valence-electron chi connectivity index (χ0n) is 18.0. The number of thiazole rings is 1. The number of nitrogens with zero attached hydrogens (tertiary/aromatic N) is 3. The normalized spacial score (nSPS) is 22.6. The van der Waals surface area contributed by atoms with Gasteiger partial charge in [0.25, 0.3) is 0 Å². The molecule has 2 N–H and O–H groups in total. The van der Waals surface area contributed by atoms with Crippen molar-refractivity contribution >= 4 is 45.0 Å². The Morgan fingerprint density at radius 1 is 1.41 bits per heavy atom. The fraction of sp³-hybridized carbons (Fsp3) is 0.364. The minimum absolute atomic E-state index is 0.0356. The number of carboxylic acid groups (broad SMARTS) is 1. The summed E-state index contributed by atoms with van der Waals surface area (Å²) in [6.45, 7) is 1.90. The summed E-state index contributed by atoms with van der Waals surface area (Å²) in [7, 11) is 0. The van der Waals surface area contributed by atoms with Gasteiger partial charge in [0.15, 0.2) is 10.8 Å². The third-order valence-corrected chi connectivity index (χ3v) is 7.02. The van der Waals surface area contributed by atoms with Crippen molar-refractivity contribution in [2.24, 2.45) is 4.99 Å². The highest BCUT2D eigenvalue weighted by Gasteiger charge is 2.43. The van der Waals surface area contributed by atoms with E-state index in [9.17, 15) is 18.4 Å². The monoisotopic (exact) mass is 554 g/mol. The lowest BCUT2D eigenvalue weighted by atomic mass is 9.93. The second-order valence-corrected chi connectivity index (χ2v) is 9.48. The Morgan fingerprint density at radius 2 is 2.21 bits per heavy atom. The van der Waals surface area contributed by atoms with Gasteiger partial charge in [0.2, 0.25) is 0 Å². The standard InChI is InChI=1S/C22H21BrF2N4O4S/c1-2-33-22(32)18-15(10-29-9-14(25)16(29)8-17(30)31)27-20(21-26-5-6-34-21)28-19(18)12-4-3-11(24)7-13(12)23/h3-7,14,16,19H,2,8-10H2,1H3,(H,27,28)(H,30,31). The molecule has 0 bridgehead atoms. The molecule has 34 heavy (non-hydrogen) atoms. The third-order valence-electron chi connectivity index (χ3n) is 5.55. The van der Waals surface area contributed by atoms with Crippen LogP contribution in [0.2, 0.25) is 0 Å². The number of nitrogens with one attached hydrogen (secondary N) is 1. The van der Waals surface area contributed by atoms with Gasteiger partial charge in [-0.2, -0.15) is 0 Å². The fourth-order valence-corrected chi connectivity index (χ4v) is 5.12. The van der Waals surface area contributed by atoms with Crippen molar-refractivity contribution < 1.29 is 28.2 Å². The zero-order chi connectivity index (χ0) is 24.4. The van der Waals surface area contributed by atoms with Crippen LogP contribution in [0.4, 0.5) is 8.78 Å². The van der Waals surface area contributed by atoms with Crippen LogP contribution in [0.25, 0.3) is 0 Å². The molecule has 1 aromatic carbocycles. The number of aromatic nitrogens is 1. The molecule has 2 aliphatic heterocycles. The zero-order valence-corrected chi connectivity index (χ0v) is 20.4.